The zero-order valence-electron chi connectivity index (χ0n) is 13.0. The van der Waals surface area contributed by atoms with Gasteiger partial charge >= 0.3 is 0 Å². The van der Waals surface area contributed by atoms with Crippen LogP contribution in [-0.4, -0.2) is 65.1 Å². The summed E-state index contributed by atoms with van der Waals surface area (Å²) in [5.74, 6) is 0.576. The van der Waals surface area contributed by atoms with Crippen molar-refractivity contribution in [2.45, 2.75) is 26.2 Å². The molecule has 0 atom stereocenters. The van der Waals surface area contributed by atoms with Gasteiger partial charge in [0.15, 0.2) is 0 Å². The molecular formula is C16H25N3O2. The molecule has 0 unspecified atom stereocenters. The maximum absolute atomic E-state index is 12.3. The molecule has 2 heterocycles. The summed E-state index contributed by atoms with van der Waals surface area (Å²) in [6.45, 7) is 8.28. The largest absolute Gasteiger partial charge is 0.395 e. The molecule has 1 aromatic rings. The van der Waals surface area contributed by atoms with E-state index < -0.39 is 0 Å². The molecule has 1 aliphatic heterocycles. The van der Waals surface area contributed by atoms with Crippen molar-refractivity contribution >= 4 is 5.91 Å². The highest BCUT2D eigenvalue weighted by Gasteiger charge is 2.20. The van der Waals surface area contributed by atoms with Crippen molar-refractivity contribution in [3.05, 3.63) is 29.6 Å². The number of carbonyl (C=O) groups is 1. The minimum Gasteiger partial charge on any atom is -0.395 e. The van der Waals surface area contributed by atoms with Gasteiger partial charge in [-0.3, -0.25) is 14.7 Å². The van der Waals surface area contributed by atoms with Crippen LogP contribution >= 0.6 is 0 Å². The maximum Gasteiger partial charge on any atom is 0.227 e. The van der Waals surface area contributed by atoms with E-state index in [2.05, 4.69) is 23.7 Å². The smallest absolute Gasteiger partial charge is 0.227 e. The summed E-state index contributed by atoms with van der Waals surface area (Å²) in [6.07, 6.45) is 2.24. The molecule has 5 nitrogen and oxygen atoms in total. The topological polar surface area (TPSA) is 56.7 Å². The second kappa shape index (κ2) is 7.52. The number of carbonyl (C=O) groups excluding carboxylic acids is 1. The number of aromatic nitrogens is 1. The van der Waals surface area contributed by atoms with Crippen LogP contribution in [0, 0.1) is 0 Å². The molecule has 2 rings (SSSR count). The van der Waals surface area contributed by atoms with Gasteiger partial charge in [0.1, 0.15) is 0 Å². The van der Waals surface area contributed by atoms with E-state index in [1.165, 1.54) is 0 Å². The van der Waals surface area contributed by atoms with E-state index in [0.29, 0.717) is 18.9 Å². The van der Waals surface area contributed by atoms with E-state index >= 15 is 0 Å². The molecule has 0 bridgehead atoms. The predicted octanol–water partition coefficient (Wildman–Crippen LogP) is 0.884. The molecule has 1 N–H and O–H groups in total. The van der Waals surface area contributed by atoms with Crippen LogP contribution in [0.1, 0.15) is 31.0 Å². The first kappa shape index (κ1) is 15.9. The van der Waals surface area contributed by atoms with Crippen molar-refractivity contribution in [2.75, 3.05) is 39.3 Å². The first-order chi connectivity index (χ1) is 10.1. The van der Waals surface area contributed by atoms with Crippen molar-refractivity contribution in [2.24, 2.45) is 0 Å². The third-order valence-electron chi connectivity index (χ3n) is 3.94. The molecule has 21 heavy (non-hydrogen) atoms. The zero-order chi connectivity index (χ0) is 15.2. The third kappa shape index (κ3) is 4.51. The van der Waals surface area contributed by atoms with Crippen molar-refractivity contribution in [1.82, 2.24) is 14.8 Å². The van der Waals surface area contributed by atoms with Crippen LogP contribution in [0.5, 0.6) is 0 Å². The van der Waals surface area contributed by atoms with Gasteiger partial charge in [-0.05, 0) is 17.5 Å². The Morgan fingerprint density at radius 3 is 2.52 bits per heavy atom. The molecule has 0 radical (unpaired) electrons. The van der Waals surface area contributed by atoms with Crippen LogP contribution in [0.25, 0.3) is 0 Å². The van der Waals surface area contributed by atoms with Crippen molar-refractivity contribution in [3.8, 4) is 0 Å². The molecule has 1 saturated heterocycles. The third-order valence-corrected chi connectivity index (χ3v) is 3.94. The summed E-state index contributed by atoms with van der Waals surface area (Å²) >= 11 is 0. The fraction of sp³-hybridized carbons (Fsp3) is 0.625. The van der Waals surface area contributed by atoms with Crippen molar-refractivity contribution in [3.63, 3.8) is 0 Å². The summed E-state index contributed by atoms with van der Waals surface area (Å²) in [4.78, 5) is 20.8. The Kier molecular flexibility index (Phi) is 5.70. The number of pyridine rings is 1. The van der Waals surface area contributed by atoms with Gasteiger partial charge in [-0.15, -0.1) is 0 Å². The van der Waals surface area contributed by atoms with Crippen LogP contribution in [0.4, 0.5) is 0 Å². The van der Waals surface area contributed by atoms with Gasteiger partial charge < -0.3 is 10.0 Å². The molecule has 5 heteroatoms. The first-order valence-electron chi connectivity index (χ1n) is 7.66. The molecule has 1 amide bonds. The van der Waals surface area contributed by atoms with Gasteiger partial charge in [-0.2, -0.15) is 0 Å². The fourth-order valence-corrected chi connectivity index (χ4v) is 2.53. The average Bonchev–Trinajstić information content (AvgIpc) is 2.49. The molecule has 1 fully saturated rings. The number of hydrogen-bond donors (Lipinski definition) is 1. The number of piperazine rings is 1. The lowest BCUT2D eigenvalue weighted by Gasteiger charge is -2.34. The molecule has 1 aromatic heterocycles. The lowest BCUT2D eigenvalue weighted by Crippen LogP contribution is -2.49. The van der Waals surface area contributed by atoms with E-state index in [4.69, 9.17) is 5.11 Å². The van der Waals surface area contributed by atoms with Gasteiger partial charge in [-0.25, -0.2) is 0 Å². The SMILES string of the molecule is CC(C)c1ccc(CC(=O)N2CCN(CCO)CC2)cn1. The van der Waals surface area contributed by atoms with Crippen LogP contribution in [0.15, 0.2) is 18.3 Å². The number of β-amino-alcohol motifs (C(OH)–C–C–N with tert-alkyl or cyclic N) is 1. The molecule has 0 saturated carbocycles. The van der Waals surface area contributed by atoms with E-state index in [1.54, 1.807) is 0 Å². The van der Waals surface area contributed by atoms with E-state index in [-0.39, 0.29) is 12.5 Å². The highest BCUT2D eigenvalue weighted by molar-refractivity contribution is 5.78. The molecule has 0 aromatic carbocycles. The van der Waals surface area contributed by atoms with Gasteiger partial charge in [0.2, 0.25) is 5.91 Å². The molecule has 0 spiro atoms. The molecule has 1 aliphatic rings. The van der Waals surface area contributed by atoms with E-state index in [0.717, 1.165) is 37.4 Å². The number of amides is 1. The van der Waals surface area contributed by atoms with Gasteiger partial charge in [-0.1, -0.05) is 19.9 Å². The fourth-order valence-electron chi connectivity index (χ4n) is 2.53. The lowest BCUT2D eigenvalue weighted by molar-refractivity contribution is -0.132. The van der Waals surface area contributed by atoms with E-state index in [9.17, 15) is 4.79 Å². The quantitative estimate of drug-likeness (QED) is 0.875. The summed E-state index contributed by atoms with van der Waals surface area (Å²) in [7, 11) is 0. The van der Waals surface area contributed by atoms with Crippen LogP contribution in [0.3, 0.4) is 0 Å². The standard InChI is InChI=1S/C16H25N3O2/c1-13(2)15-4-3-14(12-17-15)11-16(21)19-7-5-18(6-8-19)9-10-20/h3-4,12-13,20H,5-11H2,1-2H3. The highest BCUT2D eigenvalue weighted by Crippen LogP contribution is 2.12. The monoisotopic (exact) mass is 291 g/mol. The lowest BCUT2D eigenvalue weighted by atomic mass is 10.1. The Hall–Kier alpha value is -1.46. The minimum atomic E-state index is 0.165. The summed E-state index contributed by atoms with van der Waals surface area (Å²) < 4.78 is 0. The minimum absolute atomic E-state index is 0.165. The van der Waals surface area contributed by atoms with Gasteiger partial charge in [0, 0.05) is 44.6 Å². The molecule has 116 valence electrons. The Balaban J connectivity index is 1.84. The van der Waals surface area contributed by atoms with Crippen molar-refractivity contribution in [1.29, 1.82) is 0 Å². The van der Waals surface area contributed by atoms with Crippen LogP contribution < -0.4 is 0 Å². The van der Waals surface area contributed by atoms with Crippen molar-refractivity contribution < 1.29 is 9.90 Å². The predicted molar refractivity (Wildman–Crippen MR) is 82.1 cm³/mol. The van der Waals surface area contributed by atoms with Gasteiger partial charge in [0.05, 0.1) is 13.0 Å². The highest BCUT2D eigenvalue weighted by atomic mass is 16.3. The summed E-state index contributed by atoms with van der Waals surface area (Å²) in [5, 5.41) is 8.92. The van der Waals surface area contributed by atoms with Gasteiger partial charge in [0.25, 0.3) is 0 Å². The van der Waals surface area contributed by atoms with E-state index in [1.807, 2.05) is 23.2 Å². The normalized spacial score (nSPS) is 16.5. The Bertz CT molecular complexity index is 451. The average molecular weight is 291 g/mol. The number of aliphatic hydroxyl groups excluding tert-OH is 1. The Labute approximate surface area is 126 Å². The number of hydrogen-bond acceptors (Lipinski definition) is 4. The van der Waals surface area contributed by atoms with Crippen LogP contribution in [-0.2, 0) is 11.2 Å². The Morgan fingerprint density at radius 2 is 2.00 bits per heavy atom. The number of nitrogens with zero attached hydrogens (tertiary/aromatic N) is 3. The second-order valence-corrected chi connectivity index (χ2v) is 5.87. The van der Waals surface area contributed by atoms with Crippen LogP contribution in [0.2, 0.25) is 0 Å². The molecular weight excluding hydrogens is 266 g/mol. The first-order valence-corrected chi connectivity index (χ1v) is 7.66. The summed E-state index contributed by atoms with van der Waals surface area (Å²) in [5.41, 5.74) is 2.03. The zero-order valence-corrected chi connectivity index (χ0v) is 13.0. The summed E-state index contributed by atoms with van der Waals surface area (Å²) in [6, 6.07) is 4.01. The Morgan fingerprint density at radius 1 is 1.29 bits per heavy atom. The number of rotatable bonds is 5. The molecule has 0 aliphatic carbocycles. The maximum atomic E-state index is 12.3. The number of aliphatic hydroxyl groups is 1. The second-order valence-electron chi connectivity index (χ2n) is 5.87.